The van der Waals surface area contributed by atoms with Crippen LogP contribution in [0.3, 0.4) is 0 Å². The highest BCUT2D eigenvalue weighted by Crippen LogP contribution is 2.27. The quantitative estimate of drug-likeness (QED) is 0.383. The van der Waals surface area contributed by atoms with Crippen LogP contribution in [0.1, 0.15) is 18.4 Å². The van der Waals surface area contributed by atoms with E-state index in [0.717, 1.165) is 12.1 Å². The Kier molecular flexibility index (Phi) is 5.85. The Morgan fingerprint density at radius 3 is 2.10 bits per heavy atom. The fourth-order valence-corrected chi connectivity index (χ4v) is 1.62. The summed E-state index contributed by atoms with van der Waals surface area (Å²) >= 11 is 0. The van der Waals surface area contributed by atoms with Crippen LogP contribution in [0, 0.1) is 5.41 Å². The van der Waals surface area contributed by atoms with Gasteiger partial charge in [0.1, 0.15) is 5.75 Å². The van der Waals surface area contributed by atoms with Crippen LogP contribution in [0.25, 0.3) is 0 Å². The number of benzene rings is 1. The Labute approximate surface area is 120 Å². The summed E-state index contributed by atoms with van der Waals surface area (Å²) in [6.07, 6.45) is 0. The van der Waals surface area contributed by atoms with Crippen LogP contribution in [0.15, 0.2) is 24.3 Å². The lowest BCUT2D eigenvalue weighted by Crippen LogP contribution is -2.28. The minimum absolute atomic E-state index is 0. The molecule has 1 rings (SSSR count). The molecule has 10 heteroatoms. The summed E-state index contributed by atoms with van der Waals surface area (Å²) in [7, 11) is -5.67. The Hall–Kier alpha value is -1.48. The predicted molar refractivity (Wildman–Crippen MR) is 69.6 cm³/mol. The van der Waals surface area contributed by atoms with Gasteiger partial charge in [0.2, 0.25) is 0 Å². The number of halogens is 4. The molecule has 0 aliphatic carbocycles. The third kappa shape index (κ3) is 4.27. The molecule has 0 saturated carbocycles. The molecule has 0 heterocycles. The number of hydrogen-bond acceptors (Lipinski definition) is 4. The predicted octanol–water partition coefficient (Wildman–Crippen LogP) is 2.38. The van der Waals surface area contributed by atoms with Gasteiger partial charge in [-0.3, -0.25) is 5.41 Å². The SMILES string of the molecule is CC(C(=N)N)c1ccc(OS(=O)(=O)C(F)(F)F)cc1.Cl. The highest BCUT2D eigenvalue weighted by atomic mass is 35.5. The third-order valence-corrected chi connectivity index (χ3v) is 3.31. The second kappa shape index (κ2) is 6.31. The number of rotatable bonds is 4. The fraction of sp³-hybridized carbons (Fsp3) is 0.300. The highest BCUT2D eigenvalue weighted by molar-refractivity contribution is 7.87. The summed E-state index contributed by atoms with van der Waals surface area (Å²) in [4.78, 5) is 0. The van der Waals surface area contributed by atoms with Gasteiger partial charge in [0, 0.05) is 5.92 Å². The number of nitrogens with one attached hydrogen (secondary N) is 1. The van der Waals surface area contributed by atoms with Crippen LogP contribution in [0.5, 0.6) is 5.75 Å². The maximum Gasteiger partial charge on any atom is 0.534 e. The van der Waals surface area contributed by atoms with Gasteiger partial charge in [-0.1, -0.05) is 19.1 Å². The van der Waals surface area contributed by atoms with E-state index in [9.17, 15) is 21.6 Å². The molecular formula is C10H12ClF3N2O3S. The largest absolute Gasteiger partial charge is 0.534 e. The molecule has 114 valence electrons. The van der Waals surface area contributed by atoms with Crippen molar-refractivity contribution in [3.05, 3.63) is 29.8 Å². The summed E-state index contributed by atoms with van der Waals surface area (Å²) in [5.41, 5.74) is 0.358. The number of alkyl halides is 3. The molecule has 0 saturated heterocycles. The van der Waals surface area contributed by atoms with E-state index in [1.165, 1.54) is 12.1 Å². The van der Waals surface area contributed by atoms with E-state index in [0.29, 0.717) is 5.56 Å². The molecule has 0 radical (unpaired) electrons. The molecule has 5 nitrogen and oxygen atoms in total. The van der Waals surface area contributed by atoms with E-state index in [-0.39, 0.29) is 18.2 Å². The van der Waals surface area contributed by atoms with Crippen LogP contribution in [-0.4, -0.2) is 19.8 Å². The van der Waals surface area contributed by atoms with E-state index in [2.05, 4.69) is 4.18 Å². The normalized spacial score (nSPS) is 13.2. The van der Waals surface area contributed by atoms with E-state index in [1.54, 1.807) is 6.92 Å². The molecule has 3 N–H and O–H groups in total. The average molecular weight is 333 g/mol. The van der Waals surface area contributed by atoms with Crippen molar-refractivity contribution in [1.29, 1.82) is 5.41 Å². The minimum atomic E-state index is -5.67. The van der Waals surface area contributed by atoms with Crippen molar-refractivity contribution in [3.8, 4) is 5.75 Å². The molecule has 0 aliphatic heterocycles. The molecule has 0 aromatic heterocycles. The van der Waals surface area contributed by atoms with Crippen molar-refractivity contribution < 1.29 is 25.8 Å². The molecule has 0 bridgehead atoms. The Morgan fingerprint density at radius 2 is 1.75 bits per heavy atom. The summed E-state index contributed by atoms with van der Waals surface area (Å²) in [6, 6.07) is 4.82. The maximum absolute atomic E-state index is 12.1. The van der Waals surface area contributed by atoms with Crippen LogP contribution >= 0.6 is 12.4 Å². The zero-order chi connectivity index (χ0) is 14.8. The molecule has 1 aromatic carbocycles. The van der Waals surface area contributed by atoms with Gasteiger partial charge in [0.15, 0.2) is 0 Å². The molecule has 1 unspecified atom stereocenters. The zero-order valence-corrected chi connectivity index (χ0v) is 11.8. The molecule has 1 aromatic rings. The van der Waals surface area contributed by atoms with Gasteiger partial charge in [0.25, 0.3) is 0 Å². The molecule has 0 fully saturated rings. The second-order valence-corrected chi connectivity index (χ2v) is 5.27. The fourth-order valence-electron chi connectivity index (χ4n) is 1.17. The Balaban J connectivity index is 0.00000361. The Bertz CT molecular complexity index is 572. The van der Waals surface area contributed by atoms with Crippen LogP contribution < -0.4 is 9.92 Å². The van der Waals surface area contributed by atoms with Crippen molar-refractivity contribution in [2.75, 3.05) is 0 Å². The van der Waals surface area contributed by atoms with Gasteiger partial charge >= 0.3 is 15.6 Å². The number of nitrogens with two attached hydrogens (primary N) is 1. The first-order valence-corrected chi connectivity index (χ1v) is 6.40. The first kappa shape index (κ1) is 18.5. The van der Waals surface area contributed by atoms with Crippen molar-refractivity contribution in [2.45, 2.75) is 18.3 Å². The maximum atomic E-state index is 12.1. The van der Waals surface area contributed by atoms with Crippen molar-refractivity contribution in [1.82, 2.24) is 0 Å². The van der Waals surface area contributed by atoms with Gasteiger partial charge in [-0.2, -0.15) is 21.6 Å². The highest BCUT2D eigenvalue weighted by Gasteiger charge is 2.48. The van der Waals surface area contributed by atoms with Crippen molar-refractivity contribution in [3.63, 3.8) is 0 Å². The van der Waals surface area contributed by atoms with E-state index in [1.807, 2.05) is 0 Å². The van der Waals surface area contributed by atoms with Crippen LogP contribution in [-0.2, 0) is 10.1 Å². The number of hydrogen-bond donors (Lipinski definition) is 2. The van der Waals surface area contributed by atoms with Gasteiger partial charge in [-0.25, -0.2) is 0 Å². The van der Waals surface area contributed by atoms with Crippen LogP contribution in [0.4, 0.5) is 13.2 Å². The molecular weight excluding hydrogens is 321 g/mol. The van der Waals surface area contributed by atoms with Gasteiger partial charge in [0.05, 0.1) is 5.84 Å². The van der Waals surface area contributed by atoms with Gasteiger partial charge < -0.3 is 9.92 Å². The lowest BCUT2D eigenvalue weighted by atomic mass is 10.0. The van der Waals surface area contributed by atoms with Gasteiger partial charge in [-0.15, -0.1) is 12.4 Å². The summed E-state index contributed by atoms with van der Waals surface area (Å²) in [5.74, 6) is -0.998. The minimum Gasteiger partial charge on any atom is -0.387 e. The van der Waals surface area contributed by atoms with Gasteiger partial charge in [-0.05, 0) is 17.7 Å². The van der Waals surface area contributed by atoms with E-state index < -0.39 is 27.3 Å². The smallest absolute Gasteiger partial charge is 0.387 e. The summed E-state index contributed by atoms with van der Waals surface area (Å²) < 4.78 is 61.6. The van der Waals surface area contributed by atoms with E-state index >= 15 is 0 Å². The first-order valence-electron chi connectivity index (χ1n) is 4.99. The average Bonchev–Trinajstić information content (AvgIpc) is 2.27. The summed E-state index contributed by atoms with van der Waals surface area (Å²) in [5, 5.41) is 7.22. The second-order valence-electron chi connectivity index (χ2n) is 3.73. The third-order valence-electron chi connectivity index (χ3n) is 2.34. The van der Waals surface area contributed by atoms with E-state index in [4.69, 9.17) is 11.1 Å². The summed E-state index contributed by atoms with van der Waals surface area (Å²) in [6.45, 7) is 1.63. The topological polar surface area (TPSA) is 93.2 Å². The molecule has 0 aliphatic rings. The molecule has 0 spiro atoms. The zero-order valence-electron chi connectivity index (χ0n) is 10.1. The Morgan fingerprint density at radius 1 is 1.30 bits per heavy atom. The molecule has 1 atom stereocenters. The van der Waals surface area contributed by atoms with Crippen molar-refractivity contribution >= 4 is 28.4 Å². The number of amidine groups is 1. The molecule has 20 heavy (non-hydrogen) atoms. The van der Waals surface area contributed by atoms with Crippen molar-refractivity contribution in [2.24, 2.45) is 5.73 Å². The van der Waals surface area contributed by atoms with Crippen LogP contribution in [0.2, 0.25) is 0 Å². The monoisotopic (exact) mass is 332 g/mol. The lowest BCUT2D eigenvalue weighted by Gasteiger charge is -2.12. The lowest BCUT2D eigenvalue weighted by molar-refractivity contribution is -0.0500. The standard InChI is InChI=1S/C10H11F3N2O3S.ClH/c1-6(9(14)15)7-2-4-8(5-3-7)18-19(16,17)10(11,12)13;/h2-6H,1H3,(H3,14,15);1H. The molecule has 0 amide bonds. The first-order chi connectivity index (χ1) is 8.54.